The number of nitrogens with one attached hydrogen (secondary N) is 1. The van der Waals surface area contributed by atoms with Crippen LogP contribution in [-0.4, -0.2) is 41.5 Å². The molecular formula is C22H23N3O4S2. The highest BCUT2D eigenvalue weighted by Gasteiger charge is 2.21. The molecule has 0 spiro atoms. The maximum absolute atomic E-state index is 12.1. The van der Waals surface area contributed by atoms with Crippen LogP contribution in [-0.2, 0) is 12.3 Å². The summed E-state index contributed by atoms with van der Waals surface area (Å²) in [6, 6.07) is 15.3. The lowest BCUT2D eigenvalue weighted by Gasteiger charge is -2.15. The number of rotatable bonds is 10. The van der Waals surface area contributed by atoms with E-state index in [2.05, 4.69) is 15.3 Å². The molecule has 0 fully saturated rings. The Hall–Kier alpha value is -2.91. The van der Waals surface area contributed by atoms with Gasteiger partial charge in [-0.15, -0.1) is 11.8 Å². The topological polar surface area (TPSA) is 93.6 Å². The summed E-state index contributed by atoms with van der Waals surface area (Å²) in [4.78, 5) is 21.0. The molecule has 0 atom stereocenters. The highest BCUT2D eigenvalue weighted by molar-refractivity contribution is 7.99. The summed E-state index contributed by atoms with van der Waals surface area (Å²) < 4.78 is 10.7. The molecule has 0 saturated carbocycles. The van der Waals surface area contributed by atoms with Crippen LogP contribution in [0.25, 0.3) is 0 Å². The highest BCUT2D eigenvalue weighted by Crippen LogP contribution is 2.32. The van der Waals surface area contributed by atoms with Crippen LogP contribution in [0.5, 0.6) is 11.5 Å². The van der Waals surface area contributed by atoms with Crippen LogP contribution in [0, 0.1) is 0 Å². The third-order valence-corrected chi connectivity index (χ3v) is 6.00. The Bertz CT molecular complexity index is 1050. The van der Waals surface area contributed by atoms with Crippen LogP contribution in [0.4, 0.5) is 5.82 Å². The van der Waals surface area contributed by atoms with Gasteiger partial charge in [0.15, 0.2) is 5.16 Å². The third-order valence-electron chi connectivity index (χ3n) is 4.41. The molecular weight excluding hydrogens is 434 g/mol. The first-order valence-electron chi connectivity index (χ1n) is 9.36. The number of carboxylic acids is 1. The molecule has 0 aliphatic heterocycles. The zero-order valence-corrected chi connectivity index (χ0v) is 19.0. The van der Waals surface area contributed by atoms with Crippen LogP contribution in [0.2, 0.25) is 0 Å². The number of hydrogen-bond acceptors (Lipinski definition) is 8. The third kappa shape index (κ3) is 5.83. The van der Waals surface area contributed by atoms with E-state index in [4.69, 9.17) is 9.47 Å². The van der Waals surface area contributed by atoms with Crippen molar-refractivity contribution in [1.82, 2.24) is 9.97 Å². The van der Waals surface area contributed by atoms with Crippen LogP contribution in [0.15, 0.2) is 58.7 Å². The number of methoxy groups -OCH3 is 2. The van der Waals surface area contributed by atoms with E-state index in [9.17, 15) is 9.90 Å². The minimum atomic E-state index is -1.08. The van der Waals surface area contributed by atoms with Crippen LogP contribution in [0.3, 0.4) is 0 Å². The van der Waals surface area contributed by atoms with Gasteiger partial charge in [0.2, 0.25) is 0 Å². The highest BCUT2D eigenvalue weighted by atomic mass is 32.2. The fraction of sp³-hybridized carbons (Fsp3) is 0.227. The number of aromatic nitrogens is 2. The molecule has 7 nitrogen and oxygen atoms in total. The van der Waals surface area contributed by atoms with E-state index in [0.717, 1.165) is 11.1 Å². The predicted molar refractivity (Wildman–Crippen MR) is 124 cm³/mol. The van der Waals surface area contributed by atoms with E-state index in [-0.39, 0.29) is 11.4 Å². The molecule has 0 amide bonds. The summed E-state index contributed by atoms with van der Waals surface area (Å²) in [7, 11) is 3.17. The molecule has 0 aliphatic rings. The normalized spacial score (nSPS) is 10.5. The van der Waals surface area contributed by atoms with Gasteiger partial charge in [0.25, 0.3) is 0 Å². The Morgan fingerprint density at radius 1 is 1.10 bits per heavy atom. The second kappa shape index (κ2) is 10.9. The lowest BCUT2D eigenvalue weighted by Crippen LogP contribution is -2.12. The molecule has 3 rings (SSSR count). The number of aromatic carboxylic acids is 1. The maximum Gasteiger partial charge on any atom is 0.342 e. The van der Waals surface area contributed by atoms with E-state index in [1.807, 2.05) is 48.7 Å². The van der Waals surface area contributed by atoms with Crippen molar-refractivity contribution in [1.29, 1.82) is 0 Å². The van der Waals surface area contributed by atoms with Gasteiger partial charge in [0, 0.05) is 23.9 Å². The smallest absolute Gasteiger partial charge is 0.342 e. The van der Waals surface area contributed by atoms with Gasteiger partial charge in [-0.2, -0.15) is 0 Å². The number of thioether (sulfide) groups is 2. The van der Waals surface area contributed by atoms with Crippen LogP contribution in [0.1, 0.15) is 21.5 Å². The van der Waals surface area contributed by atoms with Crippen molar-refractivity contribution >= 4 is 35.3 Å². The molecule has 0 unspecified atom stereocenters. The van der Waals surface area contributed by atoms with E-state index in [1.165, 1.54) is 23.5 Å². The van der Waals surface area contributed by atoms with E-state index in [0.29, 0.717) is 34.0 Å². The number of ether oxygens (including phenoxy) is 2. The SMILES string of the molecule is COc1ccc(CNc2nc(SC)nc(SCc3ccccc3)c2C(=O)O)c(OC)c1. The summed E-state index contributed by atoms with van der Waals surface area (Å²) in [5, 5.41) is 14.0. The standard InChI is InChI=1S/C22H23N3O4S2/c1-28-16-10-9-15(17(11-16)29-2)12-23-19-18(21(26)27)20(25-22(24-19)30-3)31-13-14-7-5-4-6-8-14/h4-11H,12-13H2,1-3H3,(H,26,27)(H,23,24,25). The van der Waals surface area contributed by atoms with Crippen molar-refractivity contribution in [2.24, 2.45) is 0 Å². The molecule has 162 valence electrons. The van der Waals surface area contributed by atoms with E-state index in [1.54, 1.807) is 20.3 Å². The minimum Gasteiger partial charge on any atom is -0.497 e. The molecule has 3 aromatic rings. The average Bonchev–Trinajstić information content (AvgIpc) is 2.81. The fourth-order valence-corrected chi connectivity index (χ4v) is 4.24. The number of benzene rings is 2. The zero-order chi connectivity index (χ0) is 22.2. The Balaban J connectivity index is 1.89. The Kier molecular flexibility index (Phi) is 8.02. The molecule has 0 aliphatic carbocycles. The predicted octanol–water partition coefficient (Wildman–Crippen LogP) is 4.82. The number of carboxylic acid groups (broad SMARTS) is 1. The van der Waals surface area contributed by atoms with Crippen molar-refractivity contribution in [2.45, 2.75) is 22.5 Å². The first-order valence-corrected chi connectivity index (χ1v) is 11.6. The summed E-state index contributed by atoms with van der Waals surface area (Å²) in [5.41, 5.74) is 2.00. The molecule has 2 aromatic carbocycles. The lowest BCUT2D eigenvalue weighted by atomic mass is 10.2. The minimum absolute atomic E-state index is 0.0613. The van der Waals surface area contributed by atoms with Gasteiger partial charge < -0.3 is 19.9 Å². The van der Waals surface area contributed by atoms with Gasteiger partial charge in [-0.25, -0.2) is 14.8 Å². The quantitative estimate of drug-likeness (QED) is 0.252. The van der Waals surface area contributed by atoms with Gasteiger partial charge in [-0.1, -0.05) is 42.1 Å². The number of carbonyl (C=O) groups is 1. The van der Waals surface area contributed by atoms with E-state index >= 15 is 0 Å². The lowest BCUT2D eigenvalue weighted by molar-refractivity contribution is 0.0692. The van der Waals surface area contributed by atoms with Gasteiger partial charge in [-0.05, 0) is 24.0 Å². The van der Waals surface area contributed by atoms with Crippen molar-refractivity contribution in [2.75, 3.05) is 25.8 Å². The number of anilines is 1. The van der Waals surface area contributed by atoms with Gasteiger partial charge in [0.1, 0.15) is 27.9 Å². The van der Waals surface area contributed by atoms with Gasteiger partial charge >= 0.3 is 5.97 Å². The molecule has 9 heteroatoms. The van der Waals surface area contributed by atoms with E-state index < -0.39 is 5.97 Å². The first-order chi connectivity index (χ1) is 15.0. The van der Waals surface area contributed by atoms with Crippen molar-refractivity contribution in [3.8, 4) is 11.5 Å². The monoisotopic (exact) mass is 457 g/mol. The summed E-state index contributed by atoms with van der Waals surface area (Å²) >= 11 is 2.74. The second-order valence-electron chi connectivity index (χ2n) is 6.35. The summed E-state index contributed by atoms with van der Waals surface area (Å²) in [6.45, 7) is 0.334. The molecule has 2 N–H and O–H groups in total. The van der Waals surface area contributed by atoms with Gasteiger partial charge in [0.05, 0.1) is 14.2 Å². The summed E-state index contributed by atoms with van der Waals surface area (Å²) in [5.74, 6) is 1.13. The number of hydrogen-bond donors (Lipinski definition) is 2. The molecule has 0 saturated heterocycles. The first kappa shape index (κ1) is 22.8. The van der Waals surface area contributed by atoms with Crippen molar-refractivity contribution in [3.05, 3.63) is 65.2 Å². The maximum atomic E-state index is 12.1. The second-order valence-corrected chi connectivity index (χ2v) is 8.09. The van der Waals surface area contributed by atoms with Crippen molar-refractivity contribution in [3.63, 3.8) is 0 Å². The van der Waals surface area contributed by atoms with Crippen molar-refractivity contribution < 1.29 is 19.4 Å². The Labute approximate surface area is 189 Å². The molecule has 1 aromatic heterocycles. The molecule has 31 heavy (non-hydrogen) atoms. The molecule has 0 bridgehead atoms. The summed E-state index contributed by atoms with van der Waals surface area (Å²) in [6.07, 6.45) is 1.86. The zero-order valence-electron chi connectivity index (χ0n) is 17.4. The Morgan fingerprint density at radius 2 is 1.87 bits per heavy atom. The fourth-order valence-electron chi connectivity index (χ4n) is 2.84. The Morgan fingerprint density at radius 3 is 2.52 bits per heavy atom. The number of nitrogens with zero attached hydrogens (tertiary/aromatic N) is 2. The van der Waals surface area contributed by atoms with Crippen LogP contribution < -0.4 is 14.8 Å². The average molecular weight is 458 g/mol. The molecule has 1 heterocycles. The van der Waals surface area contributed by atoms with Gasteiger partial charge in [-0.3, -0.25) is 0 Å². The van der Waals surface area contributed by atoms with Crippen LogP contribution >= 0.6 is 23.5 Å². The molecule has 0 radical (unpaired) electrons. The largest absolute Gasteiger partial charge is 0.497 e.